The van der Waals surface area contributed by atoms with Crippen molar-refractivity contribution < 1.29 is 19.1 Å². The summed E-state index contributed by atoms with van der Waals surface area (Å²) in [5.41, 5.74) is -0.549. The molecule has 2 N–H and O–H groups in total. The summed E-state index contributed by atoms with van der Waals surface area (Å²) in [6.07, 6.45) is 2.59. The van der Waals surface area contributed by atoms with Crippen LogP contribution in [0.5, 0.6) is 0 Å². The van der Waals surface area contributed by atoms with Gasteiger partial charge in [-0.05, 0) is 40.5 Å². The molecule has 0 bridgehead atoms. The molecule has 0 aromatic heterocycles. The van der Waals surface area contributed by atoms with Crippen LogP contribution in [0.1, 0.15) is 47.0 Å². The van der Waals surface area contributed by atoms with Crippen LogP contribution >= 0.6 is 0 Å². The molecule has 0 aliphatic carbocycles. The lowest BCUT2D eigenvalue weighted by Gasteiger charge is -2.29. The van der Waals surface area contributed by atoms with E-state index in [2.05, 4.69) is 10.6 Å². The van der Waals surface area contributed by atoms with E-state index in [4.69, 9.17) is 9.47 Å². The van der Waals surface area contributed by atoms with Gasteiger partial charge in [0.2, 0.25) is 12.3 Å². The Morgan fingerprint density at radius 3 is 2.33 bits per heavy atom. The Hall–Kier alpha value is -1.14. The van der Waals surface area contributed by atoms with E-state index in [9.17, 15) is 9.59 Å². The first-order valence-corrected chi connectivity index (χ1v) is 7.36. The fourth-order valence-electron chi connectivity index (χ4n) is 1.60. The second kappa shape index (κ2) is 9.73. The van der Waals surface area contributed by atoms with Gasteiger partial charge < -0.3 is 20.1 Å². The number of carbonyl (C=O) groups is 2. The van der Waals surface area contributed by atoms with Crippen LogP contribution in [0.25, 0.3) is 0 Å². The molecule has 21 heavy (non-hydrogen) atoms. The summed E-state index contributed by atoms with van der Waals surface area (Å²) in [5.74, 6) is -0.0181. The molecule has 0 heterocycles. The maximum atomic E-state index is 11.0. The number of rotatable bonds is 12. The van der Waals surface area contributed by atoms with Crippen LogP contribution in [-0.4, -0.2) is 50.3 Å². The highest BCUT2D eigenvalue weighted by molar-refractivity contribution is 5.75. The molecule has 0 spiro atoms. The van der Waals surface area contributed by atoms with E-state index in [-0.39, 0.29) is 17.0 Å². The SMILES string of the molecule is CNC(=O)CCOCCC(C)(C)OCCC(C)(C)NC=O. The number of nitrogens with one attached hydrogen (secondary N) is 2. The molecule has 0 fully saturated rings. The molecule has 6 heteroatoms. The molecule has 0 saturated carbocycles. The highest BCUT2D eigenvalue weighted by atomic mass is 16.5. The first-order valence-electron chi connectivity index (χ1n) is 7.36. The maximum absolute atomic E-state index is 11.0. The first kappa shape index (κ1) is 19.9. The van der Waals surface area contributed by atoms with E-state index in [0.717, 1.165) is 12.8 Å². The summed E-state index contributed by atoms with van der Waals surface area (Å²) in [6, 6.07) is 0. The van der Waals surface area contributed by atoms with Gasteiger partial charge in [-0.3, -0.25) is 9.59 Å². The molecule has 124 valence electrons. The molecule has 0 atom stereocenters. The lowest BCUT2D eigenvalue weighted by Crippen LogP contribution is -2.40. The van der Waals surface area contributed by atoms with Crippen LogP contribution < -0.4 is 10.6 Å². The molecule has 0 radical (unpaired) electrons. The standard InChI is InChI=1S/C15H30N2O4/c1-14(2,17-12-18)7-11-21-15(3,4)8-10-20-9-6-13(19)16-5/h12H,6-11H2,1-5H3,(H,16,19)(H,17,18). The van der Waals surface area contributed by atoms with Gasteiger partial charge in [-0.15, -0.1) is 0 Å². The highest BCUT2D eigenvalue weighted by Crippen LogP contribution is 2.17. The first-order chi connectivity index (χ1) is 9.72. The summed E-state index contributed by atoms with van der Waals surface area (Å²) < 4.78 is 11.3. The number of hydrogen-bond donors (Lipinski definition) is 2. The van der Waals surface area contributed by atoms with Crippen molar-refractivity contribution in [3.05, 3.63) is 0 Å². The third-order valence-electron chi connectivity index (χ3n) is 3.27. The normalized spacial score (nSPS) is 12.0. The Bertz CT molecular complexity index is 317. The average molecular weight is 302 g/mol. The lowest BCUT2D eigenvalue weighted by molar-refractivity contribution is -0.121. The quantitative estimate of drug-likeness (QED) is 0.420. The topological polar surface area (TPSA) is 76.7 Å². The molecular weight excluding hydrogens is 272 g/mol. The summed E-state index contributed by atoms with van der Waals surface area (Å²) in [4.78, 5) is 21.5. The predicted molar refractivity (Wildman–Crippen MR) is 82.0 cm³/mol. The molecule has 2 amide bonds. The maximum Gasteiger partial charge on any atom is 0.222 e. The van der Waals surface area contributed by atoms with Crippen LogP contribution in [0.4, 0.5) is 0 Å². The van der Waals surface area contributed by atoms with Crippen molar-refractivity contribution in [1.29, 1.82) is 0 Å². The van der Waals surface area contributed by atoms with Gasteiger partial charge in [-0.2, -0.15) is 0 Å². The van der Waals surface area contributed by atoms with Gasteiger partial charge in [-0.1, -0.05) is 0 Å². The monoisotopic (exact) mass is 302 g/mol. The van der Waals surface area contributed by atoms with Crippen LogP contribution in [0.3, 0.4) is 0 Å². The Kier molecular flexibility index (Phi) is 9.21. The summed E-state index contributed by atoms with van der Waals surface area (Å²) in [5, 5.41) is 5.31. The molecule has 0 aliphatic rings. The zero-order valence-electron chi connectivity index (χ0n) is 14.0. The molecule has 0 aromatic carbocycles. The third kappa shape index (κ3) is 11.2. The molecule has 6 nitrogen and oxygen atoms in total. The number of amides is 2. The Balaban J connectivity index is 3.78. The van der Waals surface area contributed by atoms with Crippen molar-refractivity contribution in [3.8, 4) is 0 Å². The fourth-order valence-corrected chi connectivity index (χ4v) is 1.60. The zero-order valence-corrected chi connectivity index (χ0v) is 14.0. The number of hydrogen-bond acceptors (Lipinski definition) is 4. The minimum atomic E-state index is -0.287. The van der Waals surface area contributed by atoms with Crippen LogP contribution in [0.15, 0.2) is 0 Å². The second-order valence-corrected chi connectivity index (χ2v) is 6.29. The van der Waals surface area contributed by atoms with Gasteiger partial charge in [0.25, 0.3) is 0 Å². The molecule has 0 unspecified atom stereocenters. The number of carbonyl (C=O) groups excluding carboxylic acids is 2. The minimum absolute atomic E-state index is 0.0181. The van der Waals surface area contributed by atoms with E-state index in [1.54, 1.807) is 7.05 Å². The van der Waals surface area contributed by atoms with Crippen molar-refractivity contribution in [2.45, 2.75) is 58.1 Å². The lowest BCUT2D eigenvalue weighted by atomic mass is 10.0. The smallest absolute Gasteiger partial charge is 0.222 e. The number of ether oxygens (including phenoxy) is 2. The van der Waals surface area contributed by atoms with Crippen LogP contribution in [-0.2, 0) is 19.1 Å². The summed E-state index contributed by atoms with van der Waals surface area (Å²) in [7, 11) is 1.61. The Morgan fingerprint density at radius 2 is 1.76 bits per heavy atom. The zero-order chi connectivity index (χ0) is 16.4. The van der Waals surface area contributed by atoms with Crippen molar-refractivity contribution in [2.24, 2.45) is 0 Å². The Morgan fingerprint density at radius 1 is 1.10 bits per heavy atom. The van der Waals surface area contributed by atoms with Gasteiger partial charge in [-0.25, -0.2) is 0 Å². The predicted octanol–water partition coefficient (Wildman–Crippen LogP) is 1.24. The molecule has 0 aromatic rings. The van der Waals surface area contributed by atoms with E-state index in [0.29, 0.717) is 32.7 Å². The van der Waals surface area contributed by atoms with Gasteiger partial charge >= 0.3 is 0 Å². The van der Waals surface area contributed by atoms with Gasteiger partial charge in [0, 0.05) is 32.2 Å². The molecule has 0 saturated heterocycles. The molecule has 0 rings (SSSR count). The largest absolute Gasteiger partial charge is 0.381 e. The van der Waals surface area contributed by atoms with Gasteiger partial charge in [0.05, 0.1) is 12.2 Å². The fraction of sp³-hybridized carbons (Fsp3) is 0.867. The van der Waals surface area contributed by atoms with Crippen molar-refractivity contribution >= 4 is 12.3 Å². The van der Waals surface area contributed by atoms with E-state index in [1.807, 2.05) is 27.7 Å². The van der Waals surface area contributed by atoms with Crippen molar-refractivity contribution in [1.82, 2.24) is 10.6 Å². The second-order valence-electron chi connectivity index (χ2n) is 6.29. The molecular formula is C15H30N2O4. The van der Waals surface area contributed by atoms with Gasteiger partial charge in [0.15, 0.2) is 0 Å². The van der Waals surface area contributed by atoms with E-state index in [1.165, 1.54) is 0 Å². The summed E-state index contributed by atoms with van der Waals surface area (Å²) in [6.45, 7) is 9.48. The van der Waals surface area contributed by atoms with Crippen molar-refractivity contribution in [2.75, 3.05) is 26.9 Å². The van der Waals surface area contributed by atoms with E-state index < -0.39 is 0 Å². The summed E-state index contributed by atoms with van der Waals surface area (Å²) >= 11 is 0. The average Bonchev–Trinajstić information content (AvgIpc) is 2.37. The molecule has 0 aliphatic heterocycles. The van der Waals surface area contributed by atoms with E-state index >= 15 is 0 Å². The van der Waals surface area contributed by atoms with Crippen LogP contribution in [0.2, 0.25) is 0 Å². The highest BCUT2D eigenvalue weighted by Gasteiger charge is 2.21. The minimum Gasteiger partial charge on any atom is -0.381 e. The van der Waals surface area contributed by atoms with Gasteiger partial charge in [0.1, 0.15) is 0 Å². The van der Waals surface area contributed by atoms with Crippen molar-refractivity contribution in [3.63, 3.8) is 0 Å². The van der Waals surface area contributed by atoms with Crippen LogP contribution in [0, 0.1) is 0 Å². The third-order valence-corrected chi connectivity index (χ3v) is 3.27. The Labute approximate surface area is 127 Å².